The summed E-state index contributed by atoms with van der Waals surface area (Å²) in [6.07, 6.45) is 4.47. The van der Waals surface area contributed by atoms with Crippen molar-refractivity contribution in [2.24, 2.45) is 5.92 Å². The predicted octanol–water partition coefficient (Wildman–Crippen LogP) is 0.865. The zero-order chi connectivity index (χ0) is 14.1. The second-order valence-electron chi connectivity index (χ2n) is 4.92. The van der Waals surface area contributed by atoms with Crippen LogP contribution in [-0.4, -0.2) is 50.0 Å². The van der Waals surface area contributed by atoms with Crippen molar-refractivity contribution < 1.29 is 18.3 Å². The van der Waals surface area contributed by atoms with Gasteiger partial charge in [0.05, 0.1) is 18.1 Å². The molecule has 0 aromatic carbocycles. The largest absolute Gasteiger partial charge is 0.471 e. The number of aliphatic hydroxyl groups is 1. The molecule has 1 heterocycles. The fourth-order valence-corrected chi connectivity index (χ4v) is 4.07. The monoisotopic (exact) mass is 309 g/mol. The molecule has 7 heteroatoms. The Kier molecular flexibility index (Phi) is 7.63. The third-order valence-electron chi connectivity index (χ3n) is 3.15. The summed E-state index contributed by atoms with van der Waals surface area (Å²) < 4.78 is 27.9. The van der Waals surface area contributed by atoms with Crippen molar-refractivity contribution >= 4 is 27.2 Å². The molecule has 1 atom stereocenters. The highest BCUT2D eigenvalue weighted by atomic mass is 32.2. The van der Waals surface area contributed by atoms with Crippen molar-refractivity contribution in [3.63, 3.8) is 0 Å². The molecule has 0 aromatic rings. The van der Waals surface area contributed by atoms with E-state index in [4.69, 9.17) is 22.1 Å². The lowest BCUT2D eigenvalue weighted by Crippen LogP contribution is -2.30. The summed E-state index contributed by atoms with van der Waals surface area (Å²) in [5.74, 6) is 0.692. The molecule has 0 bridgehead atoms. The number of sulfone groups is 1. The smallest absolute Gasteiger partial charge is 0.256 e. The highest BCUT2D eigenvalue weighted by molar-refractivity contribution is 7.91. The molecule has 0 amide bonds. The van der Waals surface area contributed by atoms with Gasteiger partial charge in [-0.2, -0.15) is 0 Å². The van der Waals surface area contributed by atoms with Gasteiger partial charge in [-0.25, -0.2) is 8.42 Å². The molecular formula is C12H23NO4S2. The Labute approximate surface area is 120 Å². The lowest BCUT2D eigenvalue weighted by Gasteiger charge is -2.12. The van der Waals surface area contributed by atoms with Gasteiger partial charge in [0, 0.05) is 13.2 Å². The molecular weight excluding hydrogens is 286 g/mol. The molecule has 1 saturated heterocycles. The summed E-state index contributed by atoms with van der Waals surface area (Å²) in [5.41, 5.74) is 0. The molecule has 112 valence electrons. The number of unbranched alkanes of at least 4 members (excludes halogenated alkanes) is 3. The molecule has 1 fully saturated rings. The number of thiocarbonyl (C=S) groups is 1. The van der Waals surface area contributed by atoms with Crippen LogP contribution in [0.1, 0.15) is 32.1 Å². The molecule has 1 unspecified atom stereocenters. The number of hydrogen-bond donors (Lipinski definition) is 2. The standard InChI is InChI=1S/C12H23NO4S2/c14-6-3-1-2-4-7-17-12(18)13-9-11-5-8-19(15,16)10-11/h11,14H,1-10H2,(H,13,18). The van der Waals surface area contributed by atoms with Crippen LogP contribution in [-0.2, 0) is 14.6 Å². The first kappa shape index (κ1) is 16.7. The summed E-state index contributed by atoms with van der Waals surface area (Å²) in [7, 11) is -2.82. The van der Waals surface area contributed by atoms with Gasteiger partial charge < -0.3 is 15.2 Å². The Bertz CT molecular complexity index is 370. The molecule has 0 saturated carbocycles. The van der Waals surface area contributed by atoms with Crippen molar-refractivity contribution in [3.05, 3.63) is 0 Å². The molecule has 1 rings (SSSR count). The van der Waals surface area contributed by atoms with Gasteiger partial charge >= 0.3 is 0 Å². The fourth-order valence-electron chi connectivity index (χ4n) is 2.04. The normalized spacial score (nSPS) is 21.2. The Balaban J connectivity index is 1.99. The summed E-state index contributed by atoms with van der Waals surface area (Å²) >= 11 is 5.02. The zero-order valence-corrected chi connectivity index (χ0v) is 12.8. The zero-order valence-electron chi connectivity index (χ0n) is 11.1. The van der Waals surface area contributed by atoms with Gasteiger partial charge in [-0.05, 0) is 43.8 Å². The second kappa shape index (κ2) is 8.71. The highest BCUT2D eigenvalue weighted by Gasteiger charge is 2.27. The molecule has 0 aromatic heterocycles. The Morgan fingerprint density at radius 2 is 2.05 bits per heavy atom. The van der Waals surface area contributed by atoms with Crippen LogP contribution in [0.5, 0.6) is 0 Å². The molecule has 0 aliphatic carbocycles. The molecule has 5 nitrogen and oxygen atoms in total. The van der Waals surface area contributed by atoms with E-state index in [1.165, 1.54) is 0 Å². The SMILES string of the molecule is O=S1(=O)CCC(CNC(=S)OCCCCCCO)C1. The highest BCUT2D eigenvalue weighted by Crippen LogP contribution is 2.17. The second-order valence-corrected chi connectivity index (χ2v) is 7.52. The maximum Gasteiger partial charge on any atom is 0.256 e. The first-order valence-corrected chi connectivity index (χ1v) is 8.98. The maximum atomic E-state index is 11.3. The number of rotatable bonds is 8. The molecule has 2 N–H and O–H groups in total. The summed E-state index contributed by atoms with van der Waals surface area (Å²) in [4.78, 5) is 0. The lowest BCUT2D eigenvalue weighted by molar-refractivity contribution is 0.267. The predicted molar refractivity (Wildman–Crippen MR) is 78.9 cm³/mol. The molecule has 0 radical (unpaired) electrons. The molecule has 19 heavy (non-hydrogen) atoms. The van der Waals surface area contributed by atoms with Gasteiger partial charge in [0.1, 0.15) is 0 Å². The van der Waals surface area contributed by atoms with Crippen LogP contribution >= 0.6 is 12.2 Å². The van der Waals surface area contributed by atoms with E-state index in [0.717, 1.165) is 25.7 Å². The lowest BCUT2D eigenvalue weighted by atomic mass is 10.1. The maximum absolute atomic E-state index is 11.3. The average molecular weight is 309 g/mol. The van der Waals surface area contributed by atoms with Crippen molar-refractivity contribution in [3.8, 4) is 0 Å². The number of nitrogens with one attached hydrogen (secondary N) is 1. The van der Waals surface area contributed by atoms with E-state index in [1.54, 1.807) is 0 Å². The van der Waals surface area contributed by atoms with Crippen molar-refractivity contribution in [1.82, 2.24) is 5.32 Å². The number of aliphatic hydroxyl groups excluding tert-OH is 1. The Morgan fingerprint density at radius 3 is 2.68 bits per heavy atom. The Hall–Kier alpha value is -0.400. The van der Waals surface area contributed by atoms with Crippen LogP contribution < -0.4 is 5.32 Å². The van der Waals surface area contributed by atoms with Gasteiger partial charge in [-0.15, -0.1) is 0 Å². The molecule has 0 spiro atoms. The Morgan fingerprint density at radius 1 is 1.32 bits per heavy atom. The molecule has 1 aliphatic heterocycles. The average Bonchev–Trinajstić information content (AvgIpc) is 2.71. The van der Waals surface area contributed by atoms with Crippen LogP contribution in [0, 0.1) is 5.92 Å². The van der Waals surface area contributed by atoms with Crippen molar-refractivity contribution in [2.75, 3.05) is 31.3 Å². The van der Waals surface area contributed by atoms with Crippen LogP contribution in [0.15, 0.2) is 0 Å². The van der Waals surface area contributed by atoms with E-state index in [9.17, 15) is 8.42 Å². The van der Waals surface area contributed by atoms with Gasteiger partial charge in [0.25, 0.3) is 5.17 Å². The minimum absolute atomic E-state index is 0.149. The number of ether oxygens (including phenoxy) is 1. The summed E-state index contributed by atoms with van der Waals surface area (Å²) in [6, 6.07) is 0. The van der Waals surface area contributed by atoms with E-state index in [-0.39, 0.29) is 24.0 Å². The van der Waals surface area contributed by atoms with E-state index >= 15 is 0 Å². The summed E-state index contributed by atoms with van der Waals surface area (Å²) in [6.45, 7) is 1.38. The third kappa shape index (κ3) is 7.69. The first-order valence-electron chi connectivity index (χ1n) is 6.75. The van der Waals surface area contributed by atoms with E-state index in [2.05, 4.69) is 5.32 Å². The third-order valence-corrected chi connectivity index (χ3v) is 5.25. The van der Waals surface area contributed by atoms with Gasteiger partial charge in [-0.1, -0.05) is 6.42 Å². The van der Waals surface area contributed by atoms with Gasteiger partial charge in [0.2, 0.25) is 0 Å². The fraction of sp³-hybridized carbons (Fsp3) is 0.917. The van der Waals surface area contributed by atoms with Gasteiger partial charge in [0.15, 0.2) is 9.84 Å². The topological polar surface area (TPSA) is 75.6 Å². The van der Waals surface area contributed by atoms with E-state index in [0.29, 0.717) is 24.7 Å². The van der Waals surface area contributed by atoms with Gasteiger partial charge in [-0.3, -0.25) is 0 Å². The van der Waals surface area contributed by atoms with Crippen LogP contribution in [0.25, 0.3) is 0 Å². The van der Waals surface area contributed by atoms with Crippen LogP contribution in [0.4, 0.5) is 0 Å². The van der Waals surface area contributed by atoms with Crippen LogP contribution in [0.3, 0.4) is 0 Å². The minimum atomic E-state index is -2.82. The molecule has 1 aliphatic rings. The van der Waals surface area contributed by atoms with Crippen molar-refractivity contribution in [1.29, 1.82) is 0 Å². The quantitative estimate of drug-likeness (QED) is 0.512. The van der Waals surface area contributed by atoms with E-state index < -0.39 is 9.84 Å². The number of hydrogen-bond acceptors (Lipinski definition) is 5. The van der Waals surface area contributed by atoms with Crippen molar-refractivity contribution in [2.45, 2.75) is 32.1 Å². The first-order chi connectivity index (χ1) is 9.03. The minimum Gasteiger partial charge on any atom is -0.471 e. The van der Waals surface area contributed by atoms with Crippen LogP contribution in [0.2, 0.25) is 0 Å². The van der Waals surface area contributed by atoms with E-state index in [1.807, 2.05) is 0 Å². The summed E-state index contributed by atoms with van der Waals surface area (Å²) in [5, 5.41) is 11.9.